The van der Waals surface area contributed by atoms with Gasteiger partial charge in [-0.2, -0.15) is 0 Å². The van der Waals surface area contributed by atoms with Crippen LogP contribution >= 0.6 is 11.6 Å². The zero-order valence-corrected chi connectivity index (χ0v) is 18.4. The van der Waals surface area contributed by atoms with Gasteiger partial charge in [-0.05, 0) is 37.8 Å². The zero-order chi connectivity index (χ0) is 25.0. The fraction of sp³-hybridized carbons (Fsp3) is 0.550. The van der Waals surface area contributed by atoms with Gasteiger partial charge in [0.25, 0.3) is 5.91 Å². The lowest BCUT2D eigenvalue weighted by atomic mass is 9.88. The van der Waals surface area contributed by atoms with Crippen LogP contribution in [0.5, 0.6) is 5.75 Å². The Morgan fingerprint density at radius 2 is 1.85 bits per heavy atom. The molecule has 9 nitrogen and oxygen atoms in total. The van der Waals surface area contributed by atoms with Gasteiger partial charge < -0.3 is 20.5 Å². The summed E-state index contributed by atoms with van der Waals surface area (Å²) in [7, 11) is 0. The summed E-state index contributed by atoms with van der Waals surface area (Å²) < 4.78 is 59.1. The molecule has 1 aliphatic heterocycles. The zero-order valence-electron chi connectivity index (χ0n) is 17.6. The molecule has 2 atom stereocenters. The molecule has 3 rings (SSSR count). The Morgan fingerprint density at radius 3 is 2.47 bits per heavy atom. The third kappa shape index (κ3) is 7.10. The third-order valence-electron chi connectivity index (χ3n) is 5.50. The van der Waals surface area contributed by atoms with Crippen molar-refractivity contribution in [3.63, 3.8) is 0 Å². The van der Waals surface area contributed by atoms with Crippen molar-refractivity contribution in [3.05, 3.63) is 29.0 Å². The number of benzene rings is 1. The van der Waals surface area contributed by atoms with Gasteiger partial charge in [-0.15, -0.1) is 13.2 Å². The summed E-state index contributed by atoms with van der Waals surface area (Å²) in [4.78, 5) is 37.2. The Kier molecular flexibility index (Phi) is 8.08. The molecule has 0 spiro atoms. The van der Waals surface area contributed by atoms with E-state index in [1.165, 1.54) is 12.1 Å². The first-order valence-corrected chi connectivity index (χ1v) is 10.7. The molecule has 0 bridgehead atoms. The van der Waals surface area contributed by atoms with E-state index >= 15 is 0 Å². The number of halogens is 5. The highest BCUT2D eigenvalue weighted by Gasteiger charge is 2.42. The van der Waals surface area contributed by atoms with Gasteiger partial charge in [0.1, 0.15) is 17.6 Å². The minimum atomic E-state index is -4.75. The maximum atomic E-state index is 13.4. The Labute approximate surface area is 196 Å². The third-order valence-corrected chi connectivity index (χ3v) is 5.80. The summed E-state index contributed by atoms with van der Waals surface area (Å²) in [6.45, 7) is -0.614. The molecule has 3 amide bonds. The van der Waals surface area contributed by atoms with Crippen LogP contribution in [0, 0.1) is 5.82 Å². The summed E-state index contributed by atoms with van der Waals surface area (Å²) in [5.74, 6) is -1.81. The average Bonchev–Trinajstić information content (AvgIpc) is 2.72. The number of carbonyl (C=O) groups is 3. The second kappa shape index (κ2) is 10.6. The Hall–Kier alpha value is -2.80. The molecule has 34 heavy (non-hydrogen) atoms. The van der Waals surface area contributed by atoms with Crippen LogP contribution in [0.4, 0.5) is 22.4 Å². The van der Waals surface area contributed by atoms with E-state index < -0.39 is 60.9 Å². The number of hydrogen-bond donors (Lipinski definition) is 3. The van der Waals surface area contributed by atoms with E-state index in [0.29, 0.717) is 0 Å². The van der Waals surface area contributed by atoms with Gasteiger partial charge in [-0.25, -0.2) is 9.18 Å². The predicted molar refractivity (Wildman–Crippen MR) is 109 cm³/mol. The fourth-order valence-electron chi connectivity index (χ4n) is 3.82. The molecule has 0 unspecified atom stereocenters. The van der Waals surface area contributed by atoms with Crippen LogP contribution in [0.3, 0.4) is 0 Å². The lowest BCUT2D eigenvalue weighted by Crippen LogP contribution is -2.60. The van der Waals surface area contributed by atoms with Crippen molar-refractivity contribution in [1.82, 2.24) is 15.5 Å². The molecule has 1 saturated heterocycles. The molecule has 2 aliphatic rings. The van der Waals surface area contributed by atoms with Crippen molar-refractivity contribution in [1.29, 1.82) is 0 Å². The molecule has 1 heterocycles. The molecule has 1 aromatic carbocycles. The molecule has 2 fully saturated rings. The molecule has 0 aromatic heterocycles. The average molecular weight is 512 g/mol. The molecule has 1 saturated carbocycles. The van der Waals surface area contributed by atoms with Crippen molar-refractivity contribution in [2.45, 2.75) is 56.3 Å². The standard InChI is InChI=1S/C20H22ClF4N3O6/c21-14-3-2-12(7-15(14)22)33-9-17(29)26-10-1-4-16(28(8-10)19(31)32)18(30)27-11-5-13(6-11)34-20(23,24)25/h2-3,7,10-11,13,16H,1,4-6,8-9H2,(H,26,29)(H,27,30)(H,31,32)/t10-,11-,13+,16+/m0/s1. The molecule has 3 N–H and O–H groups in total. The predicted octanol–water partition coefficient (Wildman–Crippen LogP) is 2.67. The minimum Gasteiger partial charge on any atom is -0.484 e. The number of likely N-dealkylation sites (tertiary alicyclic amines) is 1. The monoisotopic (exact) mass is 511 g/mol. The normalized spacial score (nSPS) is 24.7. The van der Waals surface area contributed by atoms with E-state index in [1.807, 2.05) is 0 Å². The number of piperidine rings is 1. The first-order chi connectivity index (χ1) is 15.9. The number of carboxylic acid groups (broad SMARTS) is 1. The van der Waals surface area contributed by atoms with Crippen LogP contribution in [0.25, 0.3) is 0 Å². The maximum Gasteiger partial charge on any atom is 0.522 e. The fourth-order valence-corrected chi connectivity index (χ4v) is 3.94. The van der Waals surface area contributed by atoms with E-state index in [0.717, 1.165) is 11.0 Å². The van der Waals surface area contributed by atoms with Crippen LogP contribution in [0.1, 0.15) is 25.7 Å². The van der Waals surface area contributed by atoms with Crippen molar-refractivity contribution >= 4 is 29.5 Å². The number of ether oxygens (including phenoxy) is 2. The minimum absolute atomic E-state index is 0.0265. The number of nitrogens with zero attached hydrogens (tertiary/aromatic N) is 1. The molecular formula is C20H22ClF4N3O6. The summed E-state index contributed by atoms with van der Waals surface area (Å²) >= 11 is 5.58. The lowest BCUT2D eigenvalue weighted by molar-refractivity contribution is -0.351. The summed E-state index contributed by atoms with van der Waals surface area (Å²) in [5.41, 5.74) is 0. The number of rotatable bonds is 7. The Balaban J connectivity index is 1.45. The number of carbonyl (C=O) groups excluding carboxylic acids is 2. The van der Waals surface area contributed by atoms with E-state index in [4.69, 9.17) is 16.3 Å². The lowest BCUT2D eigenvalue weighted by Gasteiger charge is -2.40. The van der Waals surface area contributed by atoms with Crippen LogP contribution in [-0.4, -0.2) is 71.7 Å². The summed E-state index contributed by atoms with van der Waals surface area (Å²) in [6, 6.07) is 1.50. The second-order valence-electron chi connectivity index (χ2n) is 8.02. The Morgan fingerprint density at radius 1 is 1.15 bits per heavy atom. The molecule has 1 aliphatic carbocycles. The van der Waals surface area contributed by atoms with Crippen LogP contribution in [-0.2, 0) is 14.3 Å². The SMILES string of the molecule is O=C(COc1ccc(Cl)c(F)c1)N[C@H]1CC[C@H](C(=O)N[C@H]2C[C@@H](OC(F)(F)F)C2)N(C(=O)O)C1. The first kappa shape index (κ1) is 25.8. The van der Waals surface area contributed by atoms with Crippen LogP contribution in [0.2, 0.25) is 5.02 Å². The molecule has 0 radical (unpaired) electrons. The van der Waals surface area contributed by atoms with Gasteiger partial charge in [0.15, 0.2) is 6.61 Å². The van der Waals surface area contributed by atoms with Crippen LogP contribution < -0.4 is 15.4 Å². The van der Waals surface area contributed by atoms with Crippen molar-refractivity contribution < 1.29 is 46.5 Å². The summed E-state index contributed by atoms with van der Waals surface area (Å²) in [5, 5.41) is 14.6. The topological polar surface area (TPSA) is 117 Å². The molecule has 1 aromatic rings. The first-order valence-electron chi connectivity index (χ1n) is 10.3. The maximum absolute atomic E-state index is 13.4. The summed E-state index contributed by atoms with van der Waals surface area (Å²) in [6.07, 6.45) is -6.84. The van der Waals surface area contributed by atoms with Gasteiger partial charge in [0, 0.05) is 24.7 Å². The van der Waals surface area contributed by atoms with Gasteiger partial charge in [0.2, 0.25) is 5.91 Å². The smallest absolute Gasteiger partial charge is 0.484 e. The highest BCUT2D eigenvalue weighted by Crippen LogP contribution is 2.31. The van der Waals surface area contributed by atoms with Gasteiger partial charge in [0.05, 0.1) is 11.1 Å². The number of nitrogens with one attached hydrogen (secondary N) is 2. The molecular weight excluding hydrogens is 490 g/mol. The second-order valence-corrected chi connectivity index (χ2v) is 8.43. The Bertz CT molecular complexity index is 928. The number of hydrogen-bond acceptors (Lipinski definition) is 5. The van der Waals surface area contributed by atoms with Crippen molar-refractivity contribution in [2.75, 3.05) is 13.2 Å². The van der Waals surface area contributed by atoms with Gasteiger partial charge in [-0.3, -0.25) is 19.2 Å². The quantitative estimate of drug-likeness (QED) is 0.485. The number of amides is 3. The van der Waals surface area contributed by atoms with Crippen LogP contribution in [0.15, 0.2) is 18.2 Å². The van der Waals surface area contributed by atoms with E-state index in [1.54, 1.807) is 0 Å². The highest BCUT2D eigenvalue weighted by atomic mass is 35.5. The number of alkyl halides is 3. The van der Waals surface area contributed by atoms with Crippen molar-refractivity contribution in [2.24, 2.45) is 0 Å². The molecule has 188 valence electrons. The van der Waals surface area contributed by atoms with E-state index in [2.05, 4.69) is 15.4 Å². The van der Waals surface area contributed by atoms with E-state index in [-0.39, 0.29) is 43.0 Å². The van der Waals surface area contributed by atoms with Gasteiger partial charge >= 0.3 is 12.5 Å². The highest BCUT2D eigenvalue weighted by molar-refractivity contribution is 6.30. The van der Waals surface area contributed by atoms with Crippen molar-refractivity contribution in [3.8, 4) is 5.75 Å². The molecule has 14 heteroatoms. The van der Waals surface area contributed by atoms with E-state index in [9.17, 15) is 37.1 Å². The largest absolute Gasteiger partial charge is 0.522 e. The van der Waals surface area contributed by atoms with Gasteiger partial charge in [-0.1, -0.05) is 11.6 Å².